The van der Waals surface area contributed by atoms with Gasteiger partial charge >= 0.3 is 0 Å². The Morgan fingerprint density at radius 2 is 2.00 bits per heavy atom. The number of hydrogen-bond acceptors (Lipinski definition) is 3. The van der Waals surface area contributed by atoms with E-state index in [-0.39, 0.29) is 5.82 Å². The molecule has 0 spiro atoms. The van der Waals surface area contributed by atoms with Crippen LogP contribution < -0.4 is 0 Å². The predicted octanol–water partition coefficient (Wildman–Crippen LogP) is 3.55. The largest absolute Gasteiger partial charge is 0.245 e. The van der Waals surface area contributed by atoms with E-state index in [1.54, 1.807) is 30.3 Å². The fourth-order valence-electron chi connectivity index (χ4n) is 1.33. The van der Waals surface area contributed by atoms with Crippen molar-refractivity contribution in [3.05, 3.63) is 53.5 Å². The third-order valence-corrected chi connectivity index (χ3v) is 3.22. The molecule has 0 bridgehead atoms. The standard InChI is InChI=1S/C13H9FN2S/c1-9-6-7-10(8-15)13(16-9)17-12-5-3-2-4-11(12)14/h2-7H,1H3. The summed E-state index contributed by atoms with van der Waals surface area (Å²) in [6, 6.07) is 12.0. The summed E-state index contributed by atoms with van der Waals surface area (Å²) in [5.74, 6) is -0.301. The molecular weight excluding hydrogens is 235 g/mol. The summed E-state index contributed by atoms with van der Waals surface area (Å²) in [7, 11) is 0. The molecule has 0 amide bonds. The van der Waals surface area contributed by atoms with E-state index < -0.39 is 0 Å². The number of hydrogen-bond donors (Lipinski definition) is 0. The molecule has 4 heteroatoms. The number of benzene rings is 1. The number of pyridine rings is 1. The van der Waals surface area contributed by atoms with Gasteiger partial charge in [-0.1, -0.05) is 23.9 Å². The van der Waals surface area contributed by atoms with E-state index in [9.17, 15) is 4.39 Å². The lowest BCUT2D eigenvalue weighted by atomic mass is 10.3. The quantitative estimate of drug-likeness (QED) is 0.810. The number of rotatable bonds is 2. The van der Waals surface area contributed by atoms with E-state index in [0.29, 0.717) is 15.5 Å². The molecule has 0 N–H and O–H groups in total. The Balaban J connectivity index is 2.40. The van der Waals surface area contributed by atoms with Crippen molar-refractivity contribution in [2.75, 3.05) is 0 Å². The molecule has 2 nitrogen and oxygen atoms in total. The van der Waals surface area contributed by atoms with Gasteiger partial charge in [-0.25, -0.2) is 9.37 Å². The summed E-state index contributed by atoms with van der Waals surface area (Å²) < 4.78 is 13.5. The van der Waals surface area contributed by atoms with Crippen molar-refractivity contribution < 1.29 is 4.39 Å². The Hall–Kier alpha value is -1.86. The molecule has 0 saturated carbocycles. The van der Waals surface area contributed by atoms with Crippen LogP contribution in [-0.4, -0.2) is 4.98 Å². The molecule has 1 heterocycles. The lowest BCUT2D eigenvalue weighted by Gasteiger charge is -2.04. The maximum atomic E-state index is 13.5. The molecule has 1 aromatic heterocycles. The van der Waals surface area contributed by atoms with Gasteiger partial charge in [0.15, 0.2) is 0 Å². The molecule has 84 valence electrons. The first-order valence-corrected chi connectivity index (χ1v) is 5.82. The van der Waals surface area contributed by atoms with Gasteiger partial charge in [-0.3, -0.25) is 0 Å². The van der Waals surface area contributed by atoms with E-state index >= 15 is 0 Å². The Bertz CT molecular complexity index is 590. The normalized spacial score (nSPS) is 9.94. The van der Waals surface area contributed by atoms with Crippen LogP contribution in [0.2, 0.25) is 0 Å². The minimum Gasteiger partial charge on any atom is -0.245 e. The van der Waals surface area contributed by atoms with Crippen molar-refractivity contribution in [1.29, 1.82) is 5.26 Å². The van der Waals surface area contributed by atoms with Gasteiger partial charge in [0.2, 0.25) is 0 Å². The molecule has 0 unspecified atom stereocenters. The average Bonchev–Trinajstić information content (AvgIpc) is 2.32. The van der Waals surface area contributed by atoms with Crippen molar-refractivity contribution in [3.63, 3.8) is 0 Å². The van der Waals surface area contributed by atoms with Crippen LogP contribution in [0.3, 0.4) is 0 Å². The van der Waals surface area contributed by atoms with Crippen LogP contribution in [0.1, 0.15) is 11.3 Å². The van der Waals surface area contributed by atoms with Gasteiger partial charge in [-0.15, -0.1) is 0 Å². The maximum Gasteiger partial charge on any atom is 0.137 e. The SMILES string of the molecule is Cc1ccc(C#N)c(Sc2ccccc2F)n1. The first-order valence-electron chi connectivity index (χ1n) is 5.01. The zero-order valence-electron chi connectivity index (χ0n) is 9.14. The summed E-state index contributed by atoms with van der Waals surface area (Å²) >= 11 is 1.17. The molecule has 0 atom stereocenters. The second-order valence-corrected chi connectivity index (χ2v) is 4.48. The number of aromatic nitrogens is 1. The van der Waals surface area contributed by atoms with Gasteiger partial charge in [0, 0.05) is 10.6 Å². The Morgan fingerprint density at radius 3 is 2.71 bits per heavy atom. The van der Waals surface area contributed by atoms with Gasteiger partial charge in [-0.2, -0.15) is 5.26 Å². The van der Waals surface area contributed by atoms with Crippen LogP contribution in [0.25, 0.3) is 0 Å². The number of halogens is 1. The summed E-state index contributed by atoms with van der Waals surface area (Å²) in [5, 5.41) is 9.50. The fourth-order valence-corrected chi connectivity index (χ4v) is 2.26. The molecule has 2 aromatic rings. The molecule has 0 aliphatic carbocycles. The Kier molecular flexibility index (Phi) is 3.40. The average molecular weight is 244 g/mol. The van der Waals surface area contributed by atoms with Crippen molar-refractivity contribution in [2.45, 2.75) is 16.8 Å². The predicted molar refractivity (Wildman–Crippen MR) is 64.2 cm³/mol. The molecule has 2 rings (SSSR count). The first kappa shape index (κ1) is 11.6. The molecule has 17 heavy (non-hydrogen) atoms. The molecular formula is C13H9FN2S. The Labute approximate surface area is 103 Å². The van der Waals surface area contributed by atoms with Gasteiger partial charge < -0.3 is 0 Å². The van der Waals surface area contributed by atoms with Crippen LogP contribution in [0.4, 0.5) is 4.39 Å². The molecule has 0 aliphatic heterocycles. The van der Waals surface area contributed by atoms with Crippen LogP contribution in [0, 0.1) is 24.1 Å². The zero-order valence-corrected chi connectivity index (χ0v) is 9.96. The molecule has 1 aromatic carbocycles. The topological polar surface area (TPSA) is 36.7 Å². The van der Waals surface area contributed by atoms with E-state index in [1.165, 1.54) is 17.8 Å². The van der Waals surface area contributed by atoms with Crippen molar-refractivity contribution in [2.24, 2.45) is 0 Å². The summed E-state index contributed by atoms with van der Waals surface area (Å²) in [5.41, 5.74) is 1.27. The fraction of sp³-hybridized carbons (Fsp3) is 0.0769. The third kappa shape index (κ3) is 2.63. The second kappa shape index (κ2) is 4.98. The van der Waals surface area contributed by atoms with E-state index in [4.69, 9.17) is 5.26 Å². The highest BCUT2D eigenvalue weighted by Crippen LogP contribution is 2.30. The minimum atomic E-state index is -0.301. The van der Waals surface area contributed by atoms with E-state index in [1.807, 2.05) is 6.92 Å². The van der Waals surface area contributed by atoms with Gasteiger partial charge in [0.1, 0.15) is 16.9 Å². The number of aryl methyl sites for hydroxylation is 1. The highest BCUT2D eigenvalue weighted by atomic mass is 32.2. The summed E-state index contributed by atoms with van der Waals surface area (Å²) in [4.78, 5) is 4.73. The van der Waals surface area contributed by atoms with Crippen LogP contribution in [0.5, 0.6) is 0 Å². The Morgan fingerprint density at radius 1 is 1.24 bits per heavy atom. The third-order valence-electron chi connectivity index (χ3n) is 2.16. The lowest BCUT2D eigenvalue weighted by molar-refractivity contribution is 0.602. The van der Waals surface area contributed by atoms with Crippen LogP contribution in [0.15, 0.2) is 46.3 Å². The smallest absolute Gasteiger partial charge is 0.137 e. The van der Waals surface area contributed by atoms with Crippen molar-refractivity contribution in [1.82, 2.24) is 4.98 Å². The second-order valence-electron chi connectivity index (χ2n) is 3.45. The zero-order chi connectivity index (χ0) is 12.3. The summed E-state index contributed by atoms with van der Waals surface area (Å²) in [6.45, 7) is 1.84. The van der Waals surface area contributed by atoms with Crippen LogP contribution in [-0.2, 0) is 0 Å². The molecule has 0 aliphatic rings. The lowest BCUT2D eigenvalue weighted by Crippen LogP contribution is -1.90. The van der Waals surface area contributed by atoms with Gasteiger partial charge in [-0.05, 0) is 31.2 Å². The van der Waals surface area contributed by atoms with Gasteiger partial charge in [0.05, 0.1) is 5.56 Å². The maximum absolute atomic E-state index is 13.5. The van der Waals surface area contributed by atoms with Crippen molar-refractivity contribution in [3.8, 4) is 6.07 Å². The number of nitrogens with zero attached hydrogens (tertiary/aromatic N) is 2. The molecule has 0 radical (unpaired) electrons. The number of nitriles is 1. The highest BCUT2D eigenvalue weighted by molar-refractivity contribution is 7.99. The van der Waals surface area contributed by atoms with Crippen LogP contribution >= 0.6 is 11.8 Å². The summed E-state index contributed by atoms with van der Waals surface area (Å²) in [6.07, 6.45) is 0. The van der Waals surface area contributed by atoms with E-state index in [2.05, 4.69) is 11.1 Å². The first-order chi connectivity index (χ1) is 8.20. The molecule has 0 saturated heterocycles. The van der Waals surface area contributed by atoms with E-state index in [0.717, 1.165) is 5.69 Å². The van der Waals surface area contributed by atoms with Gasteiger partial charge in [0.25, 0.3) is 0 Å². The monoisotopic (exact) mass is 244 g/mol. The minimum absolute atomic E-state index is 0.301. The van der Waals surface area contributed by atoms with Crippen molar-refractivity contribution >= 4 is 11.8 Å². The molecule has 0 fully saturated rings. The highest BCUT2D eigenvalue weighted by Gasteiger charge is 2.09.